The highest BCUT2D eigenvalue weighted by Gasteiger charge is 2.04. The SMILES string of the molecule is COc1ccc2cccc(CCNC(=O)CCCCBr)c2c1. The Morgan fingerprint density at radius 2 is 2.09 bits per heavy atom. The highest BCUT2D eigenvalue weighted by molar-refractivity contribution is 9.09. The van der Waals surface area contributed by atoms with Crippen LogP contribution in [0.1, 0.15) is 24.8 Å². The Labute approximate surface area is 140 Å². The number of alkyl halides is 1. The van der Waals surface area contributed by atoms with E-state index >= 15 is 0 Å². The van der Waals surface area contributed by atoms with Crippen molar-refractivity contribution in [1.82, 2.24) is 5.32 Å². The van der Waals surface area contributed by atoms with E-state index in [1.165, 1.54) is 16.3 Å². The first-order chi connectivity index (χ1) is 10.7. The monoisotopic (exact) mass is 363 g/mol. The van der Waals surface area contributed by atoms with Crippen LogP contribution in [0.25, 0.3) is 10.8 Å². The molecule has 2 aromatic carbocycles. The fraction of sp³-hybridized carbons (Fsp3) is 0.389. The van der Waals surface area contributed by atoms with Gasteiger partial charge in [-0.3, -0.25) is 4.79 Å². The largest absolute Gasteiger partial charge is 0.497 e. The Hall–Kier alpha value is -1.55. The summed E-state index contributed by atoms with van der Waals surface area (Å²) in [4.78, 5) is 11.7. The van der Waals surface area contributed by atoms with Gasteiger partial charge in [-0.05, 0) is 47.7 Å². The number of benzene rings is 2. The summed E-state index contributed by atoms with van der Waals surface area (Å²) in [5, 5.41) is 6.34. The summed E-state index contributed by atoms with van der Waals surface area (Å²) in [5.41, 5.74) is 1.23. The third kappa shape index (κ3) is 4.73. The maximum absolute atomic E-state index is 11.7. The number of nitrogens with one attached hydrogen (secondary N) is 1. The van der Waals surface area contributed by atoms with Gasteiger partial charge in [-0.2, -0.15) is 0 Å². The van der Waals surface area contributed by atoms with Crippen molar-refractivity contribution in [2.75, 3.05) is 19.0 Å². The second-order valence-electron chi connectivity index (χ2n) is 5.25. The van der Waals surface area contributed by atoms with E-state index in [2.05, 4.69) is 51.6 Å². The zero-order chi connectivity index (χ0) is 15.8. The molecule has 0 saturated heterocycles. The van der Waals surface area contributed by atoms with E-state index in [1.54, 1.807) is 7.11 Å². The maximum Gasteiger partial charge on any atom is 0.220 e. The summed E-state index contributed by atoms with van der Waals surface area (Å²) in [6.07, 6.45) is 3.41. The van der Waals surface area contributed by atoms with Crippen molar-refractivity contribution in [3.63, 3.8) is 0 Å². The molecule has 0 heterocycles. The van der Waals surface area contributed by atoms with Crippen LogP contribution in [-0.4, -0.2) is 24.9 Å². The van der Waals surface area contributed by atoms with Gasteiger partial charge in [-0.15, -0.1) is 0 Å². The Morgan fingerprint density at radius 1 is 1.23 bits per heavy atom. The molecule has 118 valence electrons. The standard InChI is InChI=1S/C18H22BrNO2/c1-22-16-9-8-14-5-4-6-15(17(14)13-16)10-12-20-18(21)7-2-3-11-19/h4-6,8-9,13H,2-3,7,10-12H2,1H3,(H,20,21). The number of unbranched alkanes of at least 4 members (excludes halogenated alkanes) is 1. The van der Waals surface area contributed by atoms with E-state index in [9.17, 15) is 4.79 Å². The summed E-state index contributed by atoms with van der Waals surface area (Å²) in [5.74, 6) is 0.998. The van der Waals surface area contributed by atoms with Crippen molar-refractivity contribution in [3.8, 4) is 5.75 Å². The van der Waals surface area contributed by atoms with Gasteiger partial charge in [0.05, 0.1) is 7.11 Å². The van der Waals surface area contributed by atoms with Crippen molar-refractivity contribution < 1.29 is 9.53 Å². The van der Waals surface area contributed by atoms with Crippen LogP contribution in [0.3, 0.4) is 0 Å². The van der Waals surface area contributed by atoms with Crippen LogP contribution in [-0.2, 0) is 11.2 Å². The summed E-state index contributed by atoms with van der Waals surface area (Å²) in [6, 6.07) is 12.4. The van der Waals surface area contributed by atoms with E-state index < -0.39 is 0 Å². The first-order valence-electron chi connectivity index (χ1n) is 7.63. The first kappa shape index (κ1) is 16.8. The van der Waals surface area contributed by atoms with Crippen LogP contribution in [0.5, 0.6) is 5.75 Å². The fourth-order valence-electron chi connectivity index (χ4n) is 2.47. The van der Waals surface area contributed by atoms with Crippen LogP contribution in [0.4, 0.5) is 0 Å². The molecule has 3 nitrogen and oxygen atoms in total. The van der Waals surface area contributed by atoms with Gasteiger partial charge in [-0.1, -0.05) is 40.2 Å². The van der Waals surface area contributed by atoms with E-state index in [0.717, 1.165) is 30.3 Å². The predicted molar refractivity (Wildman–Crippen MR) is 94.9 cm³/mol. The van der Waals surface area contributed by atoms with Gasteiger partial charge in [0, 0.05) is 18.3 Å². The molecule has 0 atom stereocenters. The molecule has 0 radical (unpaired) electrons. The Kier molecular flexibility index (Phi) is 6.72. The lowest BCUT2D eigenvalue weighted by molar-refractivity contribution is -0.121. The minimum atomic E-state index is 0.138. The zero-order valence-electron chi connectivity index (χ0n) is 12.9. The van der Waals surface area contributed by atoms with Crippen LogP contribution >= 0.6 is 15.9 Å². The molecule has 2 aromatic rings. The molecule has 0 bridgehead atoms. The normalized spacial score (nSPS) is 10.6. The number of amides is 1. The van der Waals surface area contributed by atoms with Gasteiger partial charge in [-0.25, -0.2) is 0 Å². The van der Waals surface area contributed by atoms with Crippen molar-refractivity contribution in [3.05, 3.63) is 42.0 Å². The molecule has 4 heteroatoms. The second-order valence-corrected chi connectivity index (χ2v) is 6.04. The number of halogens is 1. The first-order valence-corrected chi connectivity index (χ1v) is 8.75. The van der Waals surface area contributed by atoms with Gasteiger partial charge >= 0.3 is 0 Å². The molecular formula is C18H22BrNO2. The van der Waals surface area contributed by atoms with Crippen LogP contribution in [0.2, 0.25) is 0 Å². The quantitative estimate of drug-likeness (QED) is 0.566. The summed E-state index contributed by atoms with van der Waals surface area (Å²) < 4.78 is 5.30. The second kappa shape index (κ2) is 8.79. The van der Waals surface area contributed by atoms with Gasteiger partial charge in [0.1, 0.15) is 5.75 Å². The third-order valence-corrected chi connectivity index (χ3v) is 4.24. The molecule has 0 spiro atoms. The number of carbonyl (C=O) groups is 1. The number of methoxy groups -OCH3 is 1. The molecule has 0 saturated carbocycles. The number of hydrogen-bond donors (Lipinski definition) is 1. The van der Waals surface area contributed by atoms with Gasteiger partial charge in [0.15, 0.2) is 0 Å². The smallest absolute Gasteiger partial charge is 0.220 e. The molecule has 0 fully saturated rings. The minimum absolute atomic E-state index is 0.138. The Morgan fingerprint density at radius 3 is 2.86 bits per heavy atom. The Bertz CT molecular complexity index is 628. The molecular weight excluding hydrogens is 342 g/mol. The zero-order valence-corrected chi connectivity index (χ0v) is 14.5. The van der Waals surface area contributed by atoms with Gasteiger partial charge in [0.25, 0.3) is 0 Å². The summed E-state index contributed by atoms with van der Waals surface area (Å²) >= 11 is 3.38. The predicted octanol–water partition coefficient (Wildman–Crippen LogP) is 4.07. The lowest BCUT2D eigenvalue weighted by Crippen LogP contribution is -2.25. The third-order valence-electron chi connectivity index (χ3n) is 3.68. The molecule has 2 rings (SSSR count). The lowest BCUT2D eigenvalue weighted by Gasteiger charge is -2.09. The maximum atomic E-state index is 11.7. The topological polar surface area (TPSA) is 38.3 Å². The fourth-order valence-corrected chi connectivity index (χ4v) is 2.86. The number of carbonyl (C=O) groups excluding carboxylic acids is 1. The molecule has 0 unspecified atom stereocenters. The molecule has 0 aliphatic rings. The number of ether oxygens (including phenoxy) is 1. The molecule has 0 aliphatic heterocycles. The van der Waals surface area contributed by atoms with E-state index in [4.69, 9.17) is 4.74 Å². The van der Waals surface area contributed by atoms with Gasteiger partial charge in [0.2, 0.25) is 5.91 Å². The molecule has 22 heavy (non-hydrogen) atoms. The molecule has 1 N–H and O–H groups in total. The van der Waals surface area contributed by atoms with Crippen LogP contribution < -0.4 is 10.1 Å². The molecule has 0 aromatic heterocycles. The molecule has 0 aliphatic carbocycles. The minimum Gasteiger partial charge on any atom is -0.497 e. The van der Waals surface area contributed by atoms with E-state index in [1.807, 2.05) is 6.07 Å². The highest BCUT2D eigenvalue weighted by Crippen LogP contribution is 2.24. The van der Waals surface area contributed by atoms with Gasteiger partial charge < -0.3 is 10.1 Å². The Balaban J connectivity index is 1.95. The van der Waals surface area contributed by atoms with E-state index in [-0.39, 0.29) is 5.91 Å². The number of rotatable bonds is 8. The van der Waals surface area contributed by atoms with Crippen molar-refractivity contribution >= 4 is 32.6 Å². The van der Waals surface area contributed by atoms with E-state index in [0.29, 0.717) is 13.0 Å². The van der Waals surface area contributed by atoms with Crippen molar-refractivity contribution in [1.29, 1.82) is 0 Å². The number of fused-ring (bicyclic) bond motifs is 1. The van der Waals surface area contributed by atoms with Crippen molar-refractivity contribution in [2.24, 2.45) is 0 Å². The summed E-state index contributed by atoms with van der Waals surface area (Å²) in [7, 11) is 1.68. The van der Waals surface area contributed by atoms with Crippen LogP contribution in [0, 0.1) is 0 Å². The average molecular weight is 364 g/mol. The molecule has 1 amide bonds. The van der Waals surface area contributed by atoms with Crippen LogP contribution in [0.15, 0.2) is 36.4 Å². The lowest BCUT2D eigenvalue weighted by atomic mass is 10.0. The summed E-state index contributed by atoms with van der Waals surface area (Å²) in [6.45, 7) is 0.670. The highest BCUT2D eigenvalue weighted by atomic mass is 79.9. The van der Waals surface area contributed by atoms with Crippen molar-refractivity contribution in [2.45, 2.75) is 25.7 Å². The number of hydrogen-bond acceptors (Lipinski definition) is 2. The average Bonchev–Trinajstić information content (AvgIpc) is 2.55.